The van der Waals surface area contributed by atoms with E-state index in [9.17, 15) is 0 Å². The van der Waals surface area contributed by atoms with Gasteiger partial charge in [0.1, 0.15) is 0 Å². The lowest BCUT2D eigenvalue weighted by molar-refractivity contribution is 0.314. The van der Waals surface area contributed by atoms with E-state index in [0.29, 0.717) is 6.04 Å². The summed E-state index contributed by atoms with van der Waals surface area (Å²) in [6.45, 7) is 5.45. The summed E-state index contributed by atoms with van der Waals surface area (Å²) < 4.78 is 0. The first-order chi connectivity index (χ1) is 8.72. The van der Waals surface area contributed by atoms with Gasteiger partial charge in [-0.15, -0.1) is 11.3 Å². The van der Waals surface area contributed by atoms with Crippen molar-refractivity contribution in [3.05, 3.63) is 15.6 Å². The van der Waals surface area contributed by atoms with Gasteiger partial charge in [0, 0.05) is 29.8 Å². The van der Waals surface area contributed by atoms with Crippen molar-refractivity contribution in [2.45, 2.75) is 70.9 Å². The summed E-state index contributed by atoms with van der Waals surface area (Å²) in [4.78, 5) is 6.46. The Kier molecular flexibility index (Phi) is 3.71. The number of rotatable bonds is 6. The summed E-state index contributed by atoms with van der Waals surface area (Å²) in [6, 6.07) is 0.564. The van der Waals surface area contributed by atoms with Crippen LogP contribution in [0.1, 0.15) is 67.4 Å². The molecule has 0 spiro atoms. The summed E-state index contributed by atoms with van der Waals surface area (Å²) in [5.41, 5.74) is 1.43. The van der Waals surface area contributed by atoms with Crippen molar-refractivity contribution in [1.29, 1.82) is 0 Å². The van der Waals surface area contributed by atoms with E-state index < -0.39 is 0 Å². The summed E-state index contributed by atoms with van der Waals surface area (Å²) in [5.74, 6) is 1.73. The van der Waals surface area contributed by atoms with Crippen LogP contribution in [0.4, 0.5) is 0 Å². The maximum atomic E-state index is 4.95. The second-order valence-electron chi connectivity index (χ2n) is 6.23. The van der Waals surface area contributed by atoms with Crippen molar-refractivity contribution in [3.8, 4) is 0 Å². The van der Waals surface area contributed by atoms with Gasteiger partial charge in [-0.2, -0.15) is 0 Å². The van der Waals surface area contributed by atoms with Crippen LogP contribution in [-0.4, -0.2) is 11.0 Å². The van der Waals surface area contributed by atoms with Crippen LogP contribution in [0.5, 0.6) is 0 Å². The molecule has 0 amide bonds. The molecule has 2 aliphatic carbocycles. The van der Waals surface area contributed by atoms with Crippen LogP contribution in [0, 0.1) is 5.92 Å². The van der Waals surface area contributed by atoms with E-state index in [4.69, 9.17) is 4.98 Å². The highest BCUT2D eigenvalue weighted by Gasteiger charge is 2.30. The lowest BCUT2D eigenvalue weighted by atomic mass is 9.83. The van der Waals surface area contributed by atoms with Crippen LogP contribution in [0.3, 0.4) is 0 Å². The highest BCUT2D eigenvalue weighted by molar-refractivity contribution is 7.11. The second-order valence-corrected chi connectivity index (χ2v) is 7.40. The van der Waals surface area contributed by atoms with E-state index in [1.54, 1.807) is 0 Å². The van der Waals surface area contributed by atoms with Crippen molar-refractivity contribution >= 4 is 11.3 Å². The van der Waals surface area contributed by atoms with Gasteiger partial charge in [0.15, 0.2) is 0 Å². The minimum atomic E-state index is 0.564. The van der Waals surface area contributed by atoms with Crippen LogP contribution in [0.2, 0.25) is 0 Å². The maximum Gasteiger partial charge on any atom is 0.0934 e. The smallest absolute Gasteiger partial charge is 0.0934 e. The van der Waals surface area contributed by atoms with Crippen molar-refractivity contribution in [2.24, 2.45) is 5.92 Å². The van der Waals surface area contributed by atoms with Gasteiger partial charge in [0.25, 0.3) is 0 Å². The molecule has 0 aliphatic heterocycles. The van der Waals surface area contributed by atoms with Crippen LogP contribution >= 0.6 is 11.3 Å². The third kappa shape index (κ3) is 2.94. The van der Waals surface area contributed by atoms with Gasteiger partial charge in [-0.05, 0) is 18.8 Å². The molecular weight excluding hydrogens is 240 g/mol. The Hall–Kier alpha value is -0.410. The Labute approximate surface area is 114 Å². The Morgan fingerprint density at radius 1 is 1.28 bits per heavy atom. The molecule has 0 atom stereocenters. The van der Waals surface area contributed by atoms with Gasteiger partial charge in [0.2, 0.25) is 0 Å². The van der Waals surface area contributed by atoms with Crippen molar-refractivity contribution < 1.29 is 0 Å². The van der Waals surface area contributed by atoms with Crippen LogP contribution in [-0.2, 0) is 13.0 Å². The Morgan fingerprint density at radius 3 is 2.61 bits per heavy atom. The van der Waals surface area contributed by atoms with Gasteiger partial charge in [-0.3, -0.25) is 0 Å². The molecule has 0 unspecified atom stereocenters. The lowest BCUT2D eigenvalue weighted by Crippen LogP contribution is -2.21. The Morgan fingerprint density at radius 2 is 2.06 bits per heavy atom. The summed E-state index contributed by atoms with van der Waals surface area (Å²) in [7, 11) is 0. The third-order valence-corrected chi connectivity index (χ3v) is 5.19. The normalized spacial score (nSPS) is 20.4. The van der Waals surface area contributed by atoms with Gasteiger partial charge in [-0.25, -0.2) is 4.98 Å². The molecule has 2 nitrogen and oxygen atoms in total. The average molecular weight is 264 g/mol. The predicted molar refractivity (Wildman–Crippen MR) is 77.1 cm³/mol. The number of thiazole rings is 1. The number of hydrogen-bond acceptors (Lipinski definition) is 3. The Balaban J connectivity index is 1.68. The van der Waals surface area contributed by atoms with Gasteiger partial charge in [-0.1, -0.05) is 33.1 Å². The summed E-state index contributed by atoms with van der Waals surface area (Å²) in [6.07, 6.45) is 8.26. The zero-order valence-electron chi connectivity index (χ0n) is 11.5. The molecule has 0 aromatic carbocycles. The first-order valence-electron chi connectivity index (χ1n) is 7.44. The van der Waals surface area contributed by atoms with E-state index >= 15 is 0 Å². The first kappa shape index (κ1) is 12.6. The molecule has 18 heavy (non-hydrogen) atoms. The highest BCUT2D eigenvalue weighted by atomic mass is 32.1. The minimum absolute atomic E-state index is 0.564. The predicted octanol–water partition coefficient (Wildman–Crippen LogP) is 3.86. The number of nitrogens with zero attached hydrogens (tertiary/aromatic N) is 1. The fourth-order valence-electron chi connectivity index (χ4n) is 2.54. The molecule has 1 heterocycles. The van der Waals surface area contributed by atoms with Crippen molar-refractivity contribution in [2.75, 3.05) is 0 Å². The molecule has 0 radical (unpaired) electrons. The maximum absolute atomic E-state index is 4.95. The van der Waals surface area contributed by atoms with Crippen LogP contribution in [0.25, 0.3) is 0 Å². The molecule has 0 saturated heterocycles. The third-order valence-electron chi connectivity index (χ3n) is 4.09. The van der Waals surface area contributed by atoms with E-state index in [1.807, 2.05) is 11.3 Å². The van der Waals surface area contributed by atoms with Crippen LogP contribution in [0.15, 0.2) is 0 Å². The molecule has 1 aromatic rings. The standard InChI is InChI=1S/C15H24N2S/c1-10(2)16-9-13-15(12-6-7-12)17-14(18-13)8-11-4-3-5-11/h10-12,16H,3-9H2,1-2H3. The van der Waals surface area contributed by atoms with E-state index in [-0.39, 0.29) is 0 Å². The van der Waals surface area contributed by atoms with Crippen molar-refractivity contribution in [1.82, 2.24) is 10.3 Å². The summed E-state index contributed by atoms with van der Waals surface area (Å²) in [5, 5.41) is 4.95. The van der Waals surface area contributed by atoms with Gasteiger partial charge < -0.3 is 5.32 Å². The molecule has 2 saturated carbocycles. The number of aromatic nitrogens is 1. The average Bonchev–Trinajstić information content (AvgIpc) is 3.03. The van der Waals surface area contributed by atoms with Gasteiger partial charge in [0.05, 0.1) is 10.7 Å². The Bertz CT molecular complexity index is 403. The topological polar surface area (TPSA) is 24.9 Å². The van der Waals surface area contributed by atoms with E-state index in [1.165, 1.54) is 54.1 Å². The lowest BCUT2D eigenvalue weighted by Gasteiger charge is -2.23. The molecular formula is C15H24N2S. The summed E-state index contributed by atoms with van der Waals surface area (Å²) >= 11 is 1.97. The highest BCUT2D eigenvalue weighted by Crippen LogP contribution is 2.43. The monoisotopic (exact) mass is 264 g/mol. The molecule has 1 aromatic heterocycles. The SMILES string of the molecule is CC(C)NCc1sc(CC2CCC2)nc1C1CC1. The molecule has 1 N–H and O–H groups in total. The largest absolute Gasteiger partial charge is 0.310 e. The first-order valence-corrected chi connectivity index (χ1v) is 8.26. The molecule has 2 fully saturated rings. The quantitative estimate of drug-likeness (QED) is 0.844. The molecule has 3 heteroatoms. The fourth-order valence-corrected chi connectivity index (χ4v) is 3.76. The van der Waals surface area contributed by atoms with E-state index in [0.717, 1.165) is 18.4 Å². The number of hydrogen-bond donors (Lipinski definition) is 1. The fraction of sp³-hybridized carbons (Fsp3) is 0.800. The molecule has 3 rings (SSSR count). The molecule has 2 aliphatic rings. The molecule has 100 valence electrons. The zero-order chi connectivity index (χ0) is 12.5. The minimum Gasteiger partial charge on any atom is -0.310 e. The zero-order valence-corrected chi connectivity index (χ0v) is 12.4. The van der Waals surface area contributed by atoms with Gasteiger partial charge >= 0.3 is 0 Å². The van der Waals surface area contributed by atoms with Crippen molar-refractivity contribution in [3.63, 3.8) is 0 Å². The van der Waals surface area contributed by atoms with E-state index in [2.05, 4.69) is 19.2 Å². The van der Waals surface area contributed by atoms with Crippen LogP contribution < -0.4 is 5.32 Å². The number of nitrogens with one attached hydrogen (secondary N) is 1. The second kappa shape index (κ2) is 5.30. The molecule has 0 bridgehead atoms.